The van der Waals surface area contributed by atoms with Gasteiger partial charge in [-0.25, -0.2) is 0 Å². The van der Waals surface area contributed by atoms with Crippen molar-refractivity contribution in [2.24, 2.45) is 5.41 Å². The predicted octanol–water partition coefficient (Wildman–Crippen LogP) is 3.55. The van der Waals surface area contributed by atoms with E-state index in [1.54, 1.807) is 0 Å². The second kappa shape index (κ2) is 2.50. The summed E-state index contributed by atoms with van der Waals surface area (Å²) in [6, 6.07) is 8.47. The first-order chi connectivity index (χ1) is 5.61. The molecule has 1 atom stereocenters. The van der Waals surface area contributed by atoms with Crippen LogP contribution in [0.3, 0.4) is 0 Å². The molecule has 1 aromatic carbocycles. The summed E-state index contributed by atoms with van der Waals surface area (Å²) in [6.45, 7) is 4.45. The lowest BCUT2D eigenvalue weighted by Crippen LogP contribution is -2.12. The Bertz CT molecular complexity index is 302. The molecule has 1 unspecified atom stereocenters. The van der Waals surface area contributed by atoms with Gasteiger partial charge in [0.25, 0.3) is 0 Å². The van der Waals surface area contributed by atoms with E-state index >= 15 is 0 Å². The van der Waals surface area contributed by atoms with Crippen LogP contribution in [0.4, 0.5) is 0 Å². The van der Waals surface area contributed by atoms with Gasteiger partial charge >= 0.3 is 0 Å². The van der Waals surface area contributed by atoms with Crippen molar-refractivity contribution < 1.29 is 0 Å². The van der Waals surface area contributed by atoms with E-state index in [1.165, 1.54) is 11.1 Å². The number of hydrogen-bond acceptors (Lipinski definition) is 0. The predicted molar refractivity (Wildman–Crippen MR) is 52.5 cm³/mol. The summed E-state index contributed by atoms with van der Waals surface area (Å²) in [7, 11) is 0. The fourth-order valence-corrected chi connectivity index (χ4v) is 2.23. The molecule has 1 aromatic rings. The molecule has 0 amide bonds. The molecular formula is C11H13Cl. The normalized spacial score (nSPS) is 25.4. The van der Waals surface area contributed by atoms with Crippen LogP contribution in [0.1, 0.15) is 30.4 Å². The highest BCUT2D eigenvalue weighted by Crippen LogP contribution is 2.48. The van der Waals surface area contributed by atoms with Gasteiger partial charge < -0.3 is 0 Å². The molecule has 0 N–H and O–H groups in total. The Hall–Kier alpha value is -0.490. The van der Waals surface area contributed by atoms with Crippen molar-refractivity contribution in [1.29, 1.82) is 0 Å². The number of benzene rings is 1. The number of alkyl halides is 1. The summed E-state index contributed by atoms with van der Waals surface area (Å²) < 4.78 is 0. The third-order valence-corrected chi connectivity index (χ3v) is 3.49. The van der Waals surface area contributed by atoms with Crippen molar-refractivity contribution in [3.63, 3.8) is 0 Å². The fourth-order valence-electron chi connectivity index (χ4n) is 1.94. The molecule has 0 spiro atoms. The molecule has 0 aromatic heterocycles. The van der Waals surface area contributed by atoms with E-state index in [1.807, 2.05) is 0 Å². The zero-order chi connectivity index (χ0) is 8.77. The van der Waals surface area contributed by atoms with Crippen molar-refractivity contribution >= 4 is 11.6 Å². The molecule has 0 fully saturated rings. The van der Waals surface area contributed by atoms with Crippen molar-refractivity contribution in [3.05, 3.63) is 35.4 Å². The molecule has 0 heterocycles. The van der Waals surface area contributed by atoms with Crippen LogP contribution in [0, 0.1) is 5.41 Å². The molecule has 1 aliphatic rings. The molecule has 1 heteroatoms. The number of hydrogen-bond donors (Lipinski definition) is 0. The van der Waals surface area contributed by atoms with Gasteiger partial charge in [0, 0.05) is 0 Å². The standard InChI is InChI=1S/C11H13Cl/c1-11(2)7-8-5-3-4-6-9(8)10(11)12/h3-6,10H,7H2,1-2H3. The first kappa shape index (κ1) is 8.12. The molecule has 2 rings (SSSR count). The molecule has 0 aliphatic heterocycles. The first-order valence-corrected chi connectivity index (χ1v) is 4.77. The Balaban J connectivity index is 2.49. The maximum absolute atomic E-state index is 6.33. The maximum Gasteiger partial charge on any atom is 0.0642 e. The van der Waals surface area contributed by atoms with Crippen molar-refractivity contribution in [3.8, 4) is 0 Å². The zero-order valence-electron chi connectivity index (χ0n) is 7.47. The van der Waals surface area contributed by atoms with Gasteiger partial charge in [-0.1, -0.05) is 38.1 Å². The molecule has 12 heavy (non-hydrogen) atoms. The smallest absolute Gasteiger partial charge is 0.0642 e. The van der Waals surface area contributed by atoms with Gasteiger partial charge in [-0.2, -0.15) is 0 Å². The zero-order valence-corrected chi connectivity index (χ0v) is 8.23. The molecule has 0 bridgehead atoms. The van der Waals surface area contributed by atoms with Crippen LogP contribution in [0.25, 0.3) is 0 Å². The molecule has 0 saturated heterocycles. The third-order valence-electron chi connectivity index (χ3n) is 2.66. The largest absolute Gasteiger partial charge is 0.117 e. The molecule has 0 radical (unpaired) electrons. The summed E-state index contributed by atoms with van der Waals surface area (Å²) in [5, 5.41) is 0.189. The minimum absolute atomic E-state index is 0.189. The molecule has 1 aliphatic carbocycles. The van der Waals surface area contributed by atoms with E-state index in [2.05, 4.69) is 38.1 Å². The van der Waals surface area contributed by atoms with Crippen LogP contribution in [-0.2, 0) is 6.42 Å². The van der Waals surface area contributed by atoms with Crippen molar-refractivity contribution in [2.45, 2.75) is 25.6 Å². The Morgan fingerprint density at radius 1 is 1.33 bits per heavy atom. The van der Waals surface area contributed by atoms with Gasteiger partial charge in [0.2, 0.25) is 0 Å². The number of rotatable bonds is 0. The average Bonchev–Trinajstić information content (AvgIpc) is 2.24. The lowest BCUT2D eigenvalue weighted by atomic mass is 9.90. The van der Waals surface area contributed by atoms with Crippen LogP contribution in [-0.4, -0.2) is 0 Å². The van der Waals surface area contributed by atoms with Crippen molar-refractivity contribution in [1.82, 2.24) is 0 Å². The highest BCUT2D eigenvalue weighted by molar-refractivity contribution is 6.21. The van der Waals surface area contributed by atoms with Crippen LogP contribution < -0.4 is 0 Å². The second-order valence-corrected chi connectivity index (χ2v) is 4.66. The monoisotopic (exact) mass is 180 g/mol. The molecule has 64 valence electrons. The minimum atomic E-state index is 0.189. The summed E-state index contributed by atoms with van der Waals surface area (Å²) in [4.78, 5) is 0. The molecule has 0 nitrogen and oxygen atoms in total. The summed E-state index contributed by atoms with van der Waals surface area (Å²) >= 11 is 6.33. The van der Waals surface area contributed by atoms with Crippen LogP contribution >= 0.6 is 11.6 Å². The van der Waals surface area contributed by atoms with E-state index in [-0.39, 0.29) is 10.8 Å². The summed E-state index contributed by atoms with van der Waals surface area (Å²) in [5.41, 5.74) is 2.97. The number of halogens is 1. The lowest BCUT2D eigenvalue weighted by molar-refractivity contribution is 0.379. The van der Waals surface area contributed by atoms with Crippen LogP contribution in [0.2, 0.25) is 0 Å². The summed E-state index contributed by atoms with van der Waals surface area (Å²) in [5.74, 6) is 0. The van der Waals surface area contributed by atoms with Gasteiger partial charge in [0.05, 0.1) is 5.38 Å². The quantitative estimate of drug-likeness (QED) is 0.536. The van der Waals surface area contributed by atoms with Gasteiger partial charge in [-0.3, -0.25) is 0 Å². The van der Waals surface area contributed by atoms with E-state index < -0.39 is 0 Å². The summed E-state index contributed by atoms with van der Waals surface area (Å²) in [6.07, 6.45) is 1.11. The Kier molecular flexibility index (Phi) is 1.69. The van der Waals surface area contributed by atoms with Crippen LogP contribution in [0.15, 0.2) is 24.3 Å². The first-order valence-electron chi connectivity index (χ1n) is 4.33. The van der Waals surface area contributed by atoms with E-state index in [4.69, 9.17) is 11.6 Å². The van der Waals surface area contributed by atoms with Gasteiger partial charge in [-0.05, 0) is 23.0 Å². The average molecular weight is 181 g/mol. The Labute approximate surface area is 78.6 Å². The highest BCUT2D eigenvalue weighted by atomic mass is 35.5. The fraction of sp³-hybridized carbons (Fsp3) is 0.455. The molecule has 0 saturated carbocycles. The highest BCUT2D eigenvalue weighted by Gasteiger charge is 2.36. The van der Waals surface area contributed by atoms with E-state index in [0.717, 1.165) is 6.42 Å². The van der Waals surface area contributed by atoms with E-state index in [0.29, 0.717) is 0 Å². The Morgan fingerprint density at radius 2 is 2.00 bits per heavy atom. The molecular weight excluding hydrogens is 168 g/mol. The topological polar surface area (TPSA) is 0 Å². The maximum atomic E-state index is 6.33. The second-order valence-electron chi connectivity index (χ2n) is 4.23. The minimum Gasteiger partial charge on any atom is -0.117 e. The SMILES string of the molecule is CC1(C)Cc2ccccc2C1Cl. The van der Waals surface area contributed by atoms with Crippen molar-refractivity contribution in [2.75, 3.05) is 0 Å². The Morgan fingerprint density at radius 3 is 2.67 bits per heavy atom. The lowest BCUT2D eigenvalue weighted by Gasteiger charge is -2.21. The van der Waals surface area contributed by atoms with E-state index in [9.17, 15) is 0 Å². The van der Waals surface area contributed by atoms with Gasteiger partial charge in [-0.15, -0.1) is 11.6 Å². The third kappa shape index (κ3) is 1.06. The van der Waals surface area contributed by atoms with Gasteiger partial charge in [0.1, 0.15) is 0 Å². The van der Waals surface area contributed by atoms with Gasteiger partial charge in [0.15, 0.2) is 0 Å². The van der Waals surface area contributed by atoms with Crippen LogP contribution in [0.5, 0.6) is 0 Å². The number of fused-ring (bicyclic) bond motifs is 1.